The predicted molar refractivity (Wildman–Crippen MR) is 113 cm³/mol. The number of anilines is 1. The van der Waals surface area contributed by atoms with E-state index in [9.17, 15) is 4.79 Å². The molecule has 4 rings (SSSR count). The van der Waals surface area contributed by atoms with Crippen molar-refractivity contribution < 1.29 is 18.4 Å². The van der Waals surface area contributed by atoms with E-state index in [2.05, 4.69) is 11.4 Å². The number of nitrogens with zero attached hydrogens (tertiary/aromatic N) is 2. The number of methoxy groups -OCH3 is 1. The van der Waals surface area contributed by atoms with Crippen LogP contribution in [0.2, 0.25) is 0 Å². The number of benzene rings is 2. The minimum absolute atomic E-state index is 0.115. The number of hydrogen-bond donors (Lipinski definition) is 1. The Balaban J connectivity index is 1.55. The van der Waals surface area contributed by atoms with Gasteiger partial charge < -0.3 is 18.9 Å². The first-order valence-electron chi connectivity index (χ1n) is 9.58. The molecule has 0 bridgehead atoms. The molecule has 30 heavy (non-hydrogen) atoms. The van der Waals surface area contributed by atoms with Crippen LogP contribution in [0, 0.1) is 11.3 Å². The third kappa shape index (κ3) is 4.14. The van der Waals surface area contributed by atoms with Crippen LogP contribution in [0.1, 0.15) is 12.2 Å². The first-order chi connectivity index (χ1) is 14.7. The minimum atomic E-state index is -0.215. The topological polar surface area (TPSA) is 91.6 Å². The summed E-state index contributed by atoms with van der Waals surface area (Å²) in [6.45, 7) is 1.02. The summed E-state index contributed by atoms with van der Waals surface area (Å²) in [5.41, 5.74) is 1.98. The molecule has 1 amide bonds. The third-order valence-corrected chi connectivity index (χ3v) is 4.84. The van der Waals surface area contributed by atoms with Gasteiger partial charge in [-0.05, 0) is 24.3 Å². The monoisotopic (exact) mass is 403 g/mol. The number of rotatable bonds is 8. The van der Waals surface area contributed by atoms with Crippen molar-refractivity contribution in [1.82, 2.24) is 4.90 Å². The Kier molecular flexibility index (Phi) is 5.68. The minimum Gasteiger partial charge on any atom is -0.495 e. The standard InChI is InChI=1S/C23H21N3O4/c1-28-22-12-18-17-7-2-3-8-20(17)30-21(18)13-19(22)25-23(27)15-26(10-5-9-24)14-16-6-4-11-29-16/h2-4,6-8,11-13H,5,10,14-15H2,1H3,(H,25,27). The van der Waals surface area contributed by atoms with Crippen molar-refractivity contribution in [1.29, 1.82) is 5.26 Å². The van der Waals surface area contributed by atoms with Gasteiger partial charge in [0.05, 0.1) is 38.2 Å². The van der Waals surface area contributed by atoms with Gasteiger partial charge in [-0.2, -0.15) is 5.26 Å². The second kappa shape index (κ2) is 8.72. The van der Waals surface area contributed by atoms with E-state index in [4.69, 9.17) is 18.8 Å². The quantitative estimate of drug-likeness (QED) is 0.464. The van der Waals surface area contributed by atoms with E-state index in [1.807, 2.05) is 41.3 Å². The lowest BCUT2D eigenvalue weighted by molar-refractivity contribution is -0.117. The third-order valence-electron chi connectivity index (χ3n) is 4.84. The van der Waals surface area contributed by atoms with Gasteiger partial charge in [-0.3, -0.25) is 9.69 Å². The van der Waals surface area contributed by atoms with Crippen molar-refractivity contribution in [3.05, 3.63) is 60.6 Å². The number of nitrogens with one attached hydrogen (secondary N) is 1. The second-order valence-corrected chi connectivity index (χ2v) is 6.89. The summed E-state index contributed by atoms with van der Waals surface area (Å²) in [6.07, 6.45) is 1.91. The van der Waals surface area contributed by atoms with E-state index >= 15 is 0 Å². The molecule has 0 saturated carbocycles. The lowest BCUT2D eigenvalue weighted by atomic mass is 10.1. The van der Waals surface area contributed by atoms with Crippen molar-refractivity contribution in [2.24, 2.45) is 0 Å². The molecule has 7 nitrogen and oxygen atoms in total. The maximum absolute atomic E-state index is 12.7. The first-order valence-corrected chi connectivity index (χ1v) is 9.58. The molecular weight excluding hydrogens is 382 g/mol. The summed E-state index contributed by atoms with van der Waals surface area (Å²) in [5.74, 6) is 1.08. The molecule has 0 saturated heterocycles. The maximum atomic E-state index is 12.7. The molecule has 0 aliphatic rings. The zero-order valence-electron chi connectivity index (χ0n) is 16.6. The fourth-order valence-electron chi connectivity index (χ4n) is 3.46. The number of carbonyl (C=O) groups excluding carboxylic acids is 1. The lowest BCUT2D eigenvalue weighted by Gasteiger charge is -2.19. The molecule has 0 aliphatic carbocycles. The zero-order valence-corrected chi connectivity index (χ0v) is 16.6. The van der Waals surface area contributed by atoms with Crippen LogP contribution in [0.5, 0.6) is 5.75 Å². The molecule has 0 radical (unpaired) electrons. The summed E-state index contributed by atoms with van der Waals surface area (Å²) in [5, 5.41) is 13.7. The Labute approximate surface area is 173 Å². The average molecular weight is 403 g/mol. The molecule has 0 aliphatic heterocycles. The van der Waals surface area contributed by atoms with Crippen LogP contribution in [0.4, 0.5) is 5.69 Å². The molecule has 0 atom stereocenters. The van der Waals surface area contributed by atoms with Crippen LogP contribution in [0.15, 0.2) is 63.6 Å². The van der Waals surface area contributed by atoms with Crippen molar-refractivity contribution in [3.8, 4) is 11.8 Å². The predicted octanol–water partition coefficient (Wildman–Crippen LogP) is 4.54. The number of carbonyl (C=O) groups is 1. The Morgan fingerprint density at radius 3 is 2.80 bits per heavy atom. The van der Waals surface area contributed by atoms with Crippen molar-refractivity contribution in [3.63, 3.8) is 0 Å². The molecule has 0 unspecified atom stereocenters. The SMILES string of the molecule is COc1cc2c(cc1NC(=O)CN(CCC#N)Cc1ccco1)oc1ccccc12. The van der Waals surface area contributed by atoms with E-state index in [-0.39, 0.29) is 12.5 Å². The number of ether oxygens (including phenoxy) is 1. The Morgan fingerprint density at radius 1 is 1.17 bits per heavy atom. The van der Waals surface area contributed by atoms with Crippen molar-refractivity contribution >= 4 is 33.5 Å². The molecule has 0 spiro atoms. The molecule has 1 N–H and O–H groups in total. The molecule has 0 fully saturated rings. The second-order valence-electron chi connectivity index (χ2n) is 6.89. The zero-order chi connectivity index (χ0) is 20.9. The summed E-state index contributed by atoms with van der Waals surface area (Å²) in [4.78, 5) is 14.6. The van der Waals surface area contributed by atoms with Crippen LogP contribution in [0.3, 0.4) is 0 Å². The van der Waals surface area contributed by atoms with Gasteiger partial charge in [0.2, 0.25) is 5.91 Å². The van der Waals surface area contributed by atoms with Gasteiger partial charge >= 0.3 is 0 Å². The van der Waals surface area contributed by atoms with Crippen LogP contribution >= 0.6 is 0 Å². The number of nitriles is 1. The number of hydrogen-bond acceptors (Lipinski definition) is 6. The summed E-state index contributed by atoms with van der Waals surface area (Å²) in [7, 11) is 1.56. The van der Waals surface area contributed by atoms with Crippen molar-refractivity contribution in [2.75, 3.05) is 25.5 Å². The van der Waals surface area contributed by atoms with Gasteiger partial charge in [-0.1, -0.05) is 18.2 Å². The molecule has 7 heteroatoms. The van der Waals surface area contributed by atoms with Crippen LogP contribution in [-0.4, -0.2) is 31.0 Å². The number of furan rings is 2. The largest absolute Gasteiger partial charge is 0.495 e. The van der Waals surface area contributed by atoms with E-state index < -0.39 is 0 Å². The highest BCUT2D eigenvalue weighted by Crippen LogP contribution is 2.36. The average Bonchev–Trinajstić information content (AvgIpc) is 3.38. The van der Waals surface area contributed by atoms with Gasteiger partial charge in [0.1, 0.15) is 22.7 Å². The van der Waals surface area contributed by atoms with E-state index in [0.29, 0.717) is 36.5 Å². The fraction of sp³-hybridized carbons (Fsp3) is 0.217. The lowest BCUT2D eigenvalue weighted by Crippen LogP contribution is -2.33. The van der Waals surface area contributed by atoms with Gasteiger partial charge in [0.25, 0.3) is 0 Å². The number of para-hydroxylation sites is 1. The molecule has 2 heterocycles. The smallest absolute Gasteiger partial charge is 0.238 e. The van der Waals surface area contributed by atoms with Gasteiger partial charge in [-0.15, -0.1) is 0 Å². The Bertz CT molecular complexity index is 1200. The van der Waals surface area contributed by atoms with Crippen LogP contribution in [0.25, 0.3) is 21.9 Å². The van der Waals surface area contributed by atoms with Crippen LogP contribution < -0.4 is 10.1 Å². The fourth-order valence-corrected chi connectivity index (χ4v) is 3.46. The van der Waals surface area contributed by atoms with Gasteiger partial charge in [0, 0.05) is 29.8 Å². The highest BCUT2D eigenvalue weighted by atomic mass is 16.5. The molecule has 4 aromatic rings. The van der Waals surface area contributed by atoms with E-state index in [0.717, 1.165) is 22.1 Å². The summed E-state index contributed by atoms with van der Waals surface area (Å²) >= 11 is 0. The highest BCUT2D eigenvalue weighted by Gasteiger charge is 2.17. The Hall–Kier alpha value is -3.76. The van der Waals surface area contributed by atoms with E-state index in [1.165, 1.54) is 0 Å². The molecule has 152 valence electrons. The number of fused-ring (bicyclic) bond motifs is 3. The van der Waals surface area contributed by atoms with Gasteiger partial charge in [0.15, 0.2) is 0 Å². The normalized spacial score (nSPS) is 11.1. The van der Waals surface area contributed by atoms with Crippen molar-refractivity contribution in [2.45, 2.75) is 13.0 Å². The number of amides is 1. The molecule has 2 aromatic carbocycles. The van der Waals surface area contributed by atoms with E-state index in [1.54, 1.807) is 25.5 Å². The first kappa shape index (κ1) is 19.6. The highest BCUT2D eigenvalue weighted by molar-refractivity contribution is 6.07. The maximum Gasteiger partial charge on any atom is 0.238 e. The summed E-state index contributed by atoms with van der Waals surface area (Å²) in [6, 6.07) is 17.2. The summed E-state index contributed by atoms with van der Waals surface area (Å²) < 4.78 is 16.8. The van der Waals surface area contributed by atoms with Gasteiger partial charge in [-0.25, -0.2) is 0 Å². The molecular formula is C23H21N3O4. The Morgan fingerprint density at radius 2 is 2.03 bits per heavy atom. The molecule has 2 aromatic heterocycles. The van der Waals surface area contributed by atoms with Crippen LogP contribution in [-0.2, 0) is 11.3 Å².